The van der Waals surface area contributed by atoms with E-state index in [0.29, 0.717) is 12.5 Å². The van der Waals surface area contributed by atoms with Crippen molar-refractivity contribution in [2.45, 2.75) is 25.1 Å². The number of amides is 2. The van der Waals surface area contributed by atoms with Crippen LogP contribution in [0.3, 0.4) is 0 Å². The fraction of sp³-hybridized carbons (Fsp3) is 0.500. The van der Waals surface area contributed by atoms with Gasteiger partial charge in [-0.05, 0) is 36.5 Å². The second-order valence-electron chi connectivity index (χ2n) is 5.17. The molecule has 1 unspecified atom stereocenters. The molecule has 1 aromatic carbocycles. The van der Waals surface area contributed by atoms with Crippen molar-refractivity contribution < 1.29 is 23.1 Å². The van der Waals surface area contributed by atoms with Gasteiger partial charge in [0.2, 0.25) is 0 Å². The monoisotopic (exact) mass is 302 g/mol. The smallest absolute Gasteiger partial charge is 0.387 e. The molecule has 4 nitrogen and oxygen atoms in total. The molecular formula is C14H17F3N2O2. The minimum Gasteiger partial charge on any atom is -0.387 e. The lowest BCUT2D eigenvalue weighted by molar-refractivity contribution is -0.137. The van der Waals surface area contributed by atoms with E-state index >= 15 is 0 Å². The first-order valence-corrected chi connectivity index (χ1v) is 6.73. The standard InChI is InChI=1S/C14H17F3N2O2/c15-14(16,17)11-3-1-2-10(6-11)12(20)8-19-13(21)18-7-9-4-5-9/h1-3,6,9,12,20H,4-5,7-8H2,(H2,18,19,21). The number of hydrogen-bond donors (Lipinski definition) is 3. The van der Waals surface area contributed by atoms with E-state index in [-0.39, 0.29) is 12.1 Å². The molecule has 2 rings (SSSR count). The number of aliphatic hydroxyl groups is 1. The van der Waals surface area contributed by atoms with Crippen LogP contribution in [0.15, 0.2) is 24.3 Å². The third kappa shape index (κ3) is 4.93. The lowest BCUT2D eigenvalue weighted by Crippen LogP contribution is -2.38. The Labute approximate surface area is 120 Å². The topological polar surface area (TPSA) is 61.4 Å². The van der Waals surface area contributed by atoms with Gasteiger partial charge < -0.3 is 15.7 Å². The van der Waals surface area contributed by atoms with E-state index in [4.69, 9.17) is 0 Å². The third-order valence-corrected chi connectivity index (χ3v) is 3.30. The highest BCUT2D eigenvalue weighted by Crippen LogP contribution is 2.30. The molecule has 0 bridgehead atoms. The van der Waals surface area contributed by atoms with E-state index in [1.807, 2.05) is 0 Å². The number of alkyl halides is 3. The van der Waals surface area contributed by atoms with Gasteiger partial charge >= 0.3 is 12.2 Å². The van der Waals surface area contributed by atoms with Crippen LogP contribution in [0.1, 0.15) is 30.1 Å². The molecule has 0 radical (unpaired) electrons. The molecule has 0 saturated heterocycles. The molecule has 1 aliphatic carbocycles. The molecule has 2 amide bonds. The number of benzene rings is 1. The summed E-state index contributed by atoms with van der Waals surface area (Å²) in [7, 11) is 0. The molecule has 0 heterocycles. The Morgan fingerprint density at radius 3 is 2.67 bits per heavy atom. The van der Waals surface area contributed by atoms with Crippen LogP contribution in [0, 0.1) is 5.92 Å². The molecular weight excluding hydrogens is 285 g/mol. The zero-order valence-electron chi connectivity index (χ0n) is 11.3. The first kappa shape index (κ1) is 15.6. The predicted molar refractivity (Wildman–Crippen MR) is 70.5 cm³/mol. The Morgan fingerprint density at radius 1 is 1.33 bits per heavy atom. The molecule has 1 atom stereocenters. The number of nitrogens with one attached hydrogen (secondary N) is 2. The van der Waals surface area contributed by atoms with E-state index in [2.05, 4.69) is 10.6 Å². The quantitative estimate of drug-likeness (QED) is 0.782. The van der Waals surface area contributed by atoms with Crippen LogP contribution < -0.4 is 10.6 Å². The maximum atomic E-state index is 12.6. The lowest BCUT2D eigenvalue weighted by Gasteiger charge is -2.15. The van der Waals surface area contributed by atoms with Gasteiger partial charge in [0.25, 0.3) is 0 Å². The summed E-state index contributed by atoms with van der Waals surface area (Å²) in [6.07, 6.45) is -3.43. The summed E-state index contributed by atoms with van der Waals surface area (Å²) in [5.74, 6) is 0.532. The minimum atomic E-state index is -4.45. The number of hydrogen-bond acceptors (Lipinski definition) is 2. The first-order chi connectivity index (χ1) is 9.86. The van der Waals surface area contributed by atoms with E-state index in [1.54, 1.807) is 0 Å². The predicted octanol–water partition coefficient (Wildman–Crippen LogP) is 2.45. The average Bonchev–Trinajstić information content (AvgIpc) is 3.26. The van der Waals surface area contributed by atoms with Gasteiger partial charge in [-0.2, -0.15) is 13.2 Å². The van der Waals surface area contributed by atoms with Crippen molar-refractivity contribution in [1.29, 1.82) is 0 Å². The first-order valence-electron chi connectivity index (χ1n) is 6.73. The SMILES string of the molecule is O=C(NCC1CC1)NCC(O)c1cccc(C(F)(F)F)c1. The summed E-state index contributed by atoms with van der Waals surface area (Å²) in [5.41, 5.74) is -0.704. The highest BCUT2D eigenvalue weighted by molar-refractivity contribution is 5.73. The largest absolute Gasteiger partial charge is 0.416 e. The Kier molecular flexibility index (Phi) is 4.72. The van der Waals surface area contributed by atoms with Gasteiger partial charge in [-0.15, -0.1) is 0 Å². The second-order valence-corrected chi connectivity index (χ2v) is 5.17. The maximum absolute atomic E-state index is 12.6. The highest BCUT2D eigenvalue weighted by Gasteiger charge is 2.30. The number of carbonyl (C=O) groups is 1. The van der Waals surface area contributed by atoms with Crippen LogP contribution >= 0.6 is 0 Å². The zero-order chi connectivity index (χ0) is 15.5. The van der Waals surface area contributed by atoms with E-state index < -0.39 is 23.9 Å². The molecule has 1 saturated carbocycles. The molecule has 1 aromatic rings. The summed E-state index contributed by atoms with van der Waals surface area (Å²) in [4.78, 5) is 11.4. The van der Waals surface area contributed by atoms with Crippen molar-refractivity contribution >= 4 is 6.03 Å². The molecule has 21 heavy (non-hydrogen) atoms. The number of urea groups is 1. The molecule has 3 N–H and O–H groups in total. The van der Waals surface area contributed by atoms with Gasteiger partial charge in [-0.1, -0.05) is 12.1 Å². The van der Waals surface area contributed by atoms with Crippen LogP contribution in [0.2, 0.25) is 0 Å². The van der Waals surface area contributed by atoms with Crippen LogP contribution in [0.25, 0.3) is 0 Å². The lowest BCUT2D eigenvalue weighted by atomic mass is 10.1. The highest BCUT2D eigenvalue weighted by atomic mass is 19.4. The maximum Gasteiger partial charge on any atom is 0.416 e. The third-order valence-electron chi connectivity index (χ3n) is 3.30. The minimum absolute atomic E-state index is 0.118. The Balaban J connectivity index is 1.84. The van der Waals surface area contributed by atoms with Gasteiger partial charge in [0, 0.05) is 13.1 Å². The van der Waals surface area contributed by atoms with Gasteiger partial charge in [-0.25, -0.2) is 4.79 Å². The van der Waals surface area contributed by atoms with E-state index in [1.165, 1.54) is 12.1 Å². The Bertz CT molecular complexity index is 501. The summed E-state index contributed by atoms with van der Waals surface area (Å²) >= 11 is 0. The summed E-state index contributed by atoms with van der Waals surface area (Å²) in [6, 6.07) is 4.02. The van der Waals surface area contributed by atoms with Crippen molar-refractivity contribution in [2.24, 2.45) is 5.92 Å². The molecule has 116 valence electrons. The number of carbonyl (C=O) groups excluding carboxylic acids is 1. The normalized spacial score (nSPS) is 16.4. The van der Waals surface area contributed by atoms with Crippen LogP contribution in [0.5, 0.6) is 0 Å². The molecule has 0 spiro atoms. The van der Waals surface area contributed by atoms with Gasteiger partial charge in [0.1, 0.15) is 0 Å². The van der Waals surface area contributed by atoms with Gasteiger partial charge in [0.15, 0.2) is 0 Å². The fourth-order valence-corrected chi connectivity index (χ4v) is 1.85. The summed E-state index contributed by atoms with van der Waals surface area (Å²) in [6.45, 7) is 0.448. The fourth-order valence-electron chi connectivity index (χ4n) is 1.85. The van der Waals surface area contributed by atoms with Crippen molar-refractivity contribution in [3.8, 4) is 0 Å². The average molecular weight is 302 g/mol. The number of halogens is 3. The van der Waals surface area contributed by atoms with E-state index in [0.717, 1.165) is 25.0 Å². The molecule has 0 aromatic heterocycles. The van der Waals surface area contributed by atoms with Crippen LogP contribution in [-0.2, 0) is 6.18 Å². The second kappa shape index (κ2) is 6.34. The van der Waals surface area contributed by atoms with E-state index in [9.17, 15) is 23.1 Å². The van der Waals surface area contributed by atoms with Crippen molar-refractivity contribution in [3.63, 3.8) is 0 Å². The van der Waals surface area contributed by atoms with Crippen molar-refractivity contribution in [2.75, 3.05) is 13.1 Å². The van der Waals surface area contributed by atoms with Crippen LogP contribution in [0.4, 0.5) is 18.0 Å². The molecule has 1 aliphatic rings. The van der Waals surface area contributed by atoms with Crippen LogP contribution in [-0.4, -0.2) is 24.2 Å². The number of aliphatic hydroxyl groups excluding tert-OH is 1. The van der Waals surface area contributed by atoms with Crippen molar-refractivity contribution in [3.05, 3.63) is 35.4 Å². The summed E-state index contributed by atoms with van der Waals surface area (Å²) in [5, 5.41) is 14.9. The molecule has 1 fully saturated rings. The van der Waals surface area contributed by atoms with Gasteiger partial charge in [0.05, 0.1) is 11.7 Å². The number of rotatable bonds is 5. The van der Waals surface area contributed by atoms with Gasteiger partial charge in [-0.3, -0.25) is 0 Å². The summed E-state index contributed by atoms with van der Waals surface area (Å²) < 4.78 is 37.7. The molecule has 0 aliphatic heterocycles. The Morgan fingerprint density at radius 2 is 2.05 bits per heavy atom. The zero-order valence-corrected chi connectivity index (χ0v) is 11.3. The Hall–Kier alpha value is -1.76. The van der Waals surface area contributed by atoms with Crippen molar-refractivity contribution in [1.82, 2.24) is 10.6 Å². The molecule has 7 heteroatoms.